The minimum absolute atomic E-state index is 0.0208. The molecule has 0 saturated heterocycles. The number of thiazole rings is 1. The van der Waals surface area contributed by atoms with E-state index in [-0.39, 0.29) is 18.6 Å². The molecule has 0 aliphatic heterocycles. The monoisotopic (exact) mass is 330 g/mol. The standard InChI is InChI=1S/C18H22N2O2S/c1-12-11-23-18(19-12)15-4-2-3-14(9-15)17(22)20-16-7-5-13(10-21)6-8-16/h2-4,9,11,13,16,21H,5-8,10H2,1H3,(H,20,22). The van der Waals surface area contributed by atoms with Crippen LogP contribution in [0.15, 0.2) is 29.6 Å². The van der Waals surface area contributed by atoms with E-state index in [4.69, 9.17) is 0 Å². The number of aryl methyl sites for hydroxylation is 1. The van der Waals surface area contributed by atoms with Crippen LogP contribution in [0.25, 0.3) is 10.6 Å². The van der Waals surface area contributed by atoms with Gasteiger partial charge in [-0.3, -0.25) is 4.79 Å². The van der Waals surface area contributed by atoms with Crippen LogP contribution in [0.2, 0.25) is 0 Å². The molecule has 122 valence electrons. The first kappa shape index (κ1) is 16.1. The van der Waals surface area contributed by atoms with Gasteiger partial charge >= 0.3 is 0 Å². The highest BCUT2D eigenvalue weighted by Crippen LogP contribution is 2.26. The molecule has 0 spiro atoms. The lowest BCUT2D eigenvalue weighted by atomic mass is 9.86. The van der Waals surface area contributed by atoms with E-state index in [1.807, 2.05) is 36.6 Å². The summed E-state index contributed by atoms with van der Waals surface area (Å²) in [7, 11) is 0. The van der Waals surface area contributed by atoms with Gasteiger partial charge < -0.3 is 10.4 Å². The Bertz CT molecular complexity index is 675. The molecule has 1 amide bonds. The average molecular weight is 330 g/mol. The summed E-state index contributed by atoms with van der Waals surface area (Å²) in [5.74, 6) is 0.382. The summed E-state index contributed by atoms with van der Waals surface area (Å²) in [5.41, 5.74) is 2.67. The third kappa shape index (κ3) is 3.98. The second-order valence-electron chi connectivity index (χ2n) is 6.25. The first-order chi connectivity index (χ1) is 11.2. The van der Waals surface area contributed by atoms with Gasteiger partial charge in [-0.15, -0.1) is 11.3 Å². The molecule has 1 heterocycles. The lowest BCUT2D eigenvalue weighted by molar-refractivity contribution is 0.0914. The van der Waals surface area contributed by atoms with Gasteiger partial charge in [0.1, 0.15) is 5.01 Å². The number of aromatic nitrogens is 1. The highest BCUT2D eigenvalue weighted by Gasteiger charge is 2.22. The number of nitrogens with one attached hydrogen (secondary N) is 1. The van der Waals surface area contributed by atoms with Gasteiger partial charge in [0.2, 0.25) is 0 Å². The number of carbonyl (C=O) groups excluding carboxylic acids is 1. The Morgan fingerprint density at radius 1 is 1.35 bits per heavy atom. The van der Waals surface area contributed by atoms with Gasteiger partial charge in [0.05, 0.1) is 0 Å². The maximum atomic E-state index is 12.5. The second-order valence-corrected chi connectivity index (χ2v) is 7.11. The highest BCUT2D eigenvalue weighted by molar-refractivity contribution is 7.13. The number of benzene rings is 1. The molecule has 2 N–H and O–H groups in total. The number of aliphatic hydroxyl groups is 1. The zero-order valence-electron chi connectivity index (χ0n) is 13.3. The SMILES string of the molecule is Cc1csc(-c2cccc(C(=O)NC3CCC(CO)CC3)c2)n1. The van der Waals surface area contributed by atoms with Crippen molar-refractivity contribution in [1.82, 2.24) is 10.3 Å². The van der Waals surface area contributed by atoms with Crippen molar-refractivity contribution in [2.24, 2.45) is 5.92 Å². The third-order valence-corrected chi connectivity index (χ3v) is 5.44. The van der Waals surface area contributed by atoms with Crippen LogP contribution in [0.5, 0.6) is 0 Å². The molecule has 2 aromatic rings. The van der Waals surface area contributed by atoms with E-state index in [9.17, 15) is 9.90 Å². The lowest BCUT2D eigenvalue weighted by Gasteiger charge is -2.28. The van der Waals surface area contributed by atoms with Gasteiger partial charge in [0.25, 0.3) is 5.91 Å². The van der Waals surface area contributed by atoms with Gasteiger partial charge in [0, 0.05) is 34.8 Å². The zero-order chi connectivity index (χ0) is 16.2. The van der Waals surface area contributed by atoms with Crippen molar-refractivity contribution in [1.29, 1.82) is 0 Å². The van der Waals surface area contributed by atoms with E-state index < -0.39 is 0 Å². The minimum atomic E-state index is -0.0208. The Balaban J connectivity index is 1.66. The molecule has 1 aromatic carbocycles. The summed E-state index contributed by atoms with van der Waals surface area (Å²) in [5, 5.41) is 15.3. The number of amides is 1. The van der Waals surface area contributed by atoms with Crippen molar-refractivity contribution >= 4 is 17.2 Å². The average Bonchev–Trinajstić information content (AvgIpc) is 3.02. The van der Waals surface area contributed by atoms with Crippen molar-refractivity contribution in [3.05, 3.63) is 40.9 Å². The van der Waals surface area contributed by atoms with Crippen molar-refractivity contribution in [3.8, 4) is 10.6 Å². The zero-order valence-corrected chi connectivity index (χ0v) is 14.1. The number of aliphatic hydroxyl groups excluding tert-OH is 1. The summed E-state index contributed by atoms with van der Waals surface area (Å²) in [4.78, 5) is 17.0. The summed E-state index contributed by atoms with van der Waals surface area (Å²) in [6.07, 6.45) is 3.87. The largest absolute Gasteiger partial charge is 0.396 e. The quantitative estimate of drug-likeness (QED) is 0.903. The third-order valence-electron chi connectivity index (χ3n) is 4.43. The molecular weight excluding hydrogens is 308 g/mol. The molecule has 1 fully saturated rings. The summed E-state index contributed by atoms with van der Waals surface area (Å²) in [6, 6.07) is 7.87. The van der Waals surface area contributed by atoms with Crippen LogP contribution in [0.4, 0.5) is 0 Å². The van der Waals surface area contributed by atoms with Gasteiger partial charge in [0.15, 0.2) is 0 Å². The van der Waals surface area contributed by atoms with Crippen molar-refractivity contribution in [2.45, 2.75) is 38.6 Å². The summed E-state index contributed by atoms with van der Waals surface area (Å²) in [6.45, 7) is 2.23. The number of rotatable bonds is 4. The molecule has 4 nitrogen and oxygen atoms in total. The Morgan fingerprint density at radius 2 is 2.13 bits per heavy atom. The molecular formula is C18H22N2O2S. The lowest BCUT2D eigenvalue weighted by Crippen LogP contribution is -2.38. The molecule has 0 radical (unpaired) electrons. The maximum Gasteiger partial charge on any atom is 0.251 e. The minimum Gasteiger partial charge on any atom is -0.396 e. The Morgan fingerprint density at radius 3 is 2.78 bits per heavy atom. The van der Waals surface area contributed by atoms with Crippen LogP contribution in [0.3, 0.4) is 0 Å². The predicted octanol–water partition coefficient (Wildman–Crippen LogP) is 3.40. The maximum absolute atomic E-state index is 12.5. The van der Waals surface area contributed by atoms with Crippen LogP contribution in [0, 0.1) is 12.8 Å². The fourth-order valence-electron chi connectivity index (χ4n) is 3.04. The summed E-state index contributed by atoms with van der Waals surface area (Å²) >= 11 is 1.59. The van der Waals surface area contributed by atoms with Gasteiger partial charge in [-0.2, -0.15) is 0 Å². The molecule has 5 heteroatoms. The topological polar surface area (TPSA) is 62.2 Å². The van der Waals surface area contributed by atoms with Crippen molar-refractivity contribution < 1.29 is 9.90 Å². The van der Waals surface area contributed by atoms with Crippen LogP contribution in [0.1, 0.15) is 41.7 Å². The van der Waals surface area contributed by atoms with E-state index in [1.54, 1.807) is 11.3 Å². The first-order valence-electron chi connectivity index (χ1n) is 8.10. The Labute approximate surface area is 140 Å². The van der Waals surface area contributed by atoms with E-state index in [0.717, 1.165) is 41.9 Å². The molecule has 3 rings (SSSR count). The molecule has 1 aliphatic carbocycles. The van der Waals surface area contributed by atoms with E-state index in [2.05, 4.69) is 10.3 Å². The number of hydrogen-bond donors (Lipinski definition) is 2. The Hall–Kier alpha value is -1.72. The van der Waals surface area contributed by atoms with Crippen LogP contribution in [-0.4, -0.2) is 28.6 Å². The molecule has 0 unspecified atom stereocenters. The normalized spacial score (nSPS) is 21.1. The van der Waals surface area contributed by atoms with Gasteiger partial charge in [-0.05, 0) is 50.7 Å². The number of hydrogen-bond acceptors (Lipinski definition) is 4. The van der Waals surface area contributed by atoms with Crippen LogP contribution < -0.4 is 5.32 Å². The smallest absolute Gasteiger partial charge is 0.251 e. The number of nitrogens with zero attached hydrogens (tertiary/aromatic N) is 1. The fraction of sp³-hybridized carbons (Fsp3) is 0.444. The molecule has 1 saturated carbocycles. The fourth-order valence-corrected chi connectivity index (χ4v) is 3.83. The van der Waals surface area contributed by atoms with Crippen molar-refractivity contribution in [2.75, 3.05) is 6.61 Å². The second kappa shape index (κ2) is 7.23. The molecule has 1 aliphatic rings. The predicted molar refractivity (Wildman–Crippen MR) is 92.6 cm³/mol. The first-order valence-corrected chi connectivity index (χ1v) is 8.98. The highest BCUT2D eigenvalue weighted by atomic mass is 32.1. The van der Waals surface area contributed by atoms with Gasteiger partial charge in [-0.25, -0.2) is 4.98 Å². The molecule has 1 aromatic heterocycles. The summed E-state index contributed by atoms with van der Waals surface area (Å²) < 4.78 is 0. The molecule has 0 bridgehead atoms. The van der Waals surface area contributed by atoms with Gasteiger partial charge in [-0.1, -0.05) is 12.1 Å². The number of carbonyl (C=O) groups is 1. The Kier molecular flexibility index (Phi) is 5.08. The van der Waals surface area contributed by atoms with Crippen LogP contribution >= 0.6 is 11.3 Å². The van der Waals surface area contributed by atoms with Crippen molar-refractivity contribution in [3.63, 3.8) is 0 Å². The van der Waals surface area contributed by atoms with E-state index in [0.29, 0.717) is 11.5 Å². The van der Waals surface area contributed by atoms with Crippen LogP contribution in [-0.2, 0) is 0 Å². The van der Waals surface area contributed by atoms with E-state index >= 15 is 0 Å². The molecule has 0 atom stereocenters. The molecule has 23 heavy (non-hydrogen) atoms. The van der Waals surface area contributed by atoms with E-state index in [1.165, 1.54) is 0 Å².